The van der Waals surface area contributed by atoms with Gasteiger partial charge in [-0.3, -0.25) is 5.41 Å². The van der Waals surface area contributed by atoms with Gasteiger partial charge in [-0.2, -0.15) is 13.2 Å². The van der Waals surface area contributed by atoms with Crippen molar-refractivity contribution >= 4 is 5.84 Å². The van der Waals surface area contributed by atoms with E-state index in [4.69, 9.17) is 15.9 Å². The van der Waals surface area contributed by atoms with Crippen molar-refractivity contribution in [3.8, 4) is 5.75 Å². The van der Waals surface area contributed by atoms with Gasteiger partial charge in [-0.15, -0.1) is 0 Å². The van der Waals surface area contributed by atoms with Crippen molar-refractivity contribution in [3.63, 3.8) is 0 Å². The van der Waals surface area contributed by atoms with Crippen molar-refractivity contribution in [2.75, 3.05) is 0 Å². The minimum absolute atomic E-state index is 0.0481. The summed E-state index contributed by atoms with van der Waals surface area (Å²) < 4.78 is 44.9. The average molecular weight is 300 g/mol. The van der Waals surface area contributed by atoms with E-state index in [2.05, 4.69) is 6.92 Å². The van der Waals surface area contributed by atoms with Crippen molar-refractivity contribution in [1.29, 1.82) is 5.41 Å². The van der Waals surface area contributed by atoms with Crippen molar-refractivity contribution in [3.05, 3.63) is 29.3 Å². The SMILES string of the molecule is CC1CCC(Oc2ccc(C(=N)N)cc2C(F)(F)F)CC1. The van der Waals surface area contributed by atoms with Gasteiger partial charge < -0.3 is 10.5 Å². The summed E-state index contributed by atoms with van der Waals surface area (Å²) in [6, 6.07) is 3.53. The summed E-state index contributed by atoms with van der Waals surface area (Å²) in [5.74, 6) is 0.0395. The van der Waals surface area contributed by atoms with Crippen LogP contribution >= 0.6 is 0 Å². The average Bonchev–Trinajstić information content (AvgIpc) is 2.40. The summed E-state index contributed by atoms with van der Waals surface area (Å²) in [6.07, 6.45) is -1.22. The Morgan fingerprint density at radius 2 is 1.86 bits per heavy atom. The molecule has 0 saturated heterocycles. The van der Waals surface area contributed by atoms with Crippen LogP contribution in [0.3, 0.4) is 0 Å². The number of nitrogens with two attached hydrogens (primary N) is 1. The third-order valence-corrected chi connectivity index (χ3v) is 3.85. The number of benzene rings is 1. The molecule has 1 aliphatic rings. The van der Waals surface area contributed by atoms with Crippen LogP contribution in [0.15, 0.2) is 18.2 Å². The van der Waals surface area contributed by atoms with Gasteiger partial charge in [-0.1, -0.05) is 6.92 Å². The monoisotopic (exact) mass is 300 g/mol. The Morgan fingerprint density at radius 1 is 1.24 bits per heavy atom. The van der Waals surface area contributed by atoms with Crippen LogP contribution in [0.25, 0.3) is 0 Å². The zero-order valence-corrected chi connectivity index (χ0v) is 11.8. The molecular weight excluding hydrogens is 281 g/mol. The van der Waals surface area contributed by atoms with Crippen LogP contribution in [0.1, 0.15) is 43.7 Å². The molecule has 0 aliphatic heterocycles. The normalized spacial score (nSPS) is 22.9. The van der Waals surface area contributed by atoms with Crippen LogP contribution < -0.4 is 10.5 Å². The number of alkyl halides is 3. The smallest absolute Gasteiger partial charge is 0.419 e. The second-order valence-corrected chi connectivity index (χ2v) is 5.62. The van der Waals surface area contributed by atoms with Gasteiger partial charge in [0.25, 0.3) is 0 Å². The highest BCUT2D eigenvalue weighted by Crippen LogP contribution is 2.38. The Labute approximate surface area is 121 Å². The van der Waals surface area contributed by atoms with Crippen molar-refractivity contribution in [2.45, 2.75) is 44.9 Å². The molecule has 0 bridgehead atoms. The lowest BCUT2D eigenvalue weighted by Crippen LogP contribution is -2.24. The fourth-order valence-electron chi connectivity index (χ4n) is 2.55. The van der Waals surface area contributed by atoms with E-state index >= 15 is 0 Å². The summed E-state index contributed by atoms with van der Waals surface area (Å²) in [7, 11) is 0. The number of nitrogen functional groups attached to an aromatic ring is 1. The second-order valence-electron chi connectivity index (χ2n) is 5.62. The van der Waals surface area contributed by atoms with Crippen LogP contribution in [0, 0.1) is 11.3 Å². The molecule has 3 nitrogen and oxygen atoms in total. The summed E-state index contributed by atoms with van der Waals surface area (Å²) in [6.45, 7) is 2.14. The fourth-order valence-corrected chi connectivity index (χ4v) is 2.55. The maximum Gasteiger partial charge on any atom is 0.419 e. The lowest BCUT2D eigenvalue weighted by atomic mass is 9.89. The van der Waals surface area contributed by atoms with E-state index in [0.717, 1.165) is 31.7 Å². The van der Waals surface area contributed by atoms with Crippen molar-refractivity contribution in [1.82, 2.24) is 0 Å². The predicted molar refractivity (Wildman–Crippen MR) is 74.5 cm³/mol. The summed E-state index contributed by atoms with van der Waals surface area (Å²) in [5.41, 5.74) is 4.43. The molecule has 116 valence electrons. The topological polar surface area (TPSA) is 59.1 Å². The highest BCUT2D eigenvalue weighted by molar-refractivity contribution is 5.95. The van der Waals surface area contributed by atoms with E-state index in [-0.39, 0.29) is 17.4 Å². The van der Waals surface area contributed by atoms with Crippen LogP contribution in [-0.2, 0) is 6.18 Å². The zero-order chi connectivity index (χ0) is 15.6. The van der Waals surface area contributed by atoms with Gasteiger partial charge in [0.2, 0.25) is 0 Å². The quantitative estimate of drug-likeness (QED) is 0.656. The molecule has 1 saturated carbocycles. The predicted octanol–water partition coefficient (Wildman–Crippen LogP) is 3.95. The van der Waals surface area contributed by atoms with Crippen molar-refractivity contribution < 1.29 is 17.9 Å². The minimum atomic E-state index is -4.53. The Balaban J connectivity index is 2.24. The van der Waals surface area contributed by atoms with Crippen molar-refractivity contribution in [2.24, 2.45) is 11.7 Å². The third-order valence-electron chi connectivity index (χ3n) is 3.85. The van der Waals surface area contributed by atoms with Crippen LogP contribution in [-0.4, -0.2) is 11.9 Å². The fraction of sp³-hybridized carbons (Fsp3) is 0.533. The van der Waals surface area contributed by atoms with E-state index in [0.29, 0.717) is 5.92 Å². The van der Waals surface area contributed by atoms with E-state index in [9.17, 15) is 13.2 Å². The number of ether oxygens (including phenoxy) is 1. The molecule has 0 radical (unpaired) electrons. The van der Waals surface area contributed by atoms with Crippen LogP contribution in [0.2, 0.25) is 0 Å². The van der Waals surface area contributed by atoms with E-state index in [1.54, 1.807) is 0 Å². The Morgan fingerprint density at radius 3 is 2.38 bits per heavy atom. The van der Waals surface area contributed by atoms with Gasteiger partial charge in [-0.25, -0.2) is 0 Å². The Hall–Kier alpha value is -1.72. The first kappa shape index (κ1) is 15.7. The van der Waals surface area contributed by atoms with Gasteiger partial charge in [0.05, 0.1) is 11.7 Å². The number of hydrogen-bond acceptors (Lipinski definition) is 2. The number of nitrogens with one attached hydrogen (secondary N) is 1. The molecule has 1 aliphatic carbocycles. The van der Waals surface area contributed by atoms with Gasteiger partial charge in [0, 0.05) is 5.56 Å². The molecule has 0 unspecified atom stereocenters. The maximum atomic E-state index is 13.1. The van der Waals surface area contributed by atoms with E-state index in [1.165, 1.54) is 12.1 Å². The van der Waals surface area contributed by atoms with Gasteiger partial charge in [0.15, 0.2) is 0 Å². The Kier molecular flexibility index (Phi) is 4.44. The molecule has 6 heteroatoms. The Bertz CT molecular complexity index is 520. The minimum Gasteiger partial charge on any atom is -0.490 e. The molecule has 1 aromatic carbocycles. The van der Waals surface area contributed by atoms with Crippen LogP contribution in [0.5, 0.6) is 5.75 Å². The van der Waals surface area contributed by atoms with Crippen LogP contribution in [0.4, 0.5) is 13.2 Å². The molecule has 3 N–H and O–H groups in total. The molecule has 21 heavy (non-hydrogen) atoms. The maximum absolute atomic E-state index is 13.1. The highest BCUT2D eigenvalue weighted by atomic mass is 19.4. The standard InChI is InChI=1S/C15H19F3N2O/c1-9-2-5-11(6-3-9)21-13-7-4-10(14(19)20)8-12(13)15(16,17)18/h4,7-9,11H,2-3,5-6H2,1H3,(H3,19,20). The number of amidine groups is 1. The highest BCUT2D eigenvalue weighted by Gasteiger charge is 2.35. The molecule has 1 aromatic rings. The lowest BCUT2D eigenvalue weighted by molar-refractivity contribution is -0.139. The first-order valence-corrected chi connectivity index (χ1v) is 6.99. The second kappa shape index (κ2) is 5.95. The number of hydrogen-bond donors (Lipinski definition) is 2. The largest absolute Gasteiger partial charge is 0.490 e. The molecule has 0 amide bonds. The van der Waals surface area contributed by atoms with E-state index < -0.39 is 17.6 Å². The first-order valence-electron chi connectivity index (χ1n) is 6.99. The molecule has 0 atom stereocenters. The number of halogens is 3. The first-order chi connectivity index (χ1) is 9.77. The zero-order valence-electron chi connectivity index (χ0n) is 11.8. The van der Waals surface area contributed by atoms with E-state index in [1.807, 2.05) is 0 Å². The molecular formula is C15H19F3N2O. The lowest BCUT2D eigenvalue weighted by Gasteiger charge is -2.28. The summed E-state index contributed by atoms with van der Waals surface area (Å²) in [4.78, 5) is 0. The molecule has 1 fully saturated rings. The summed E-state index contributed by atoms with van der Waals surface area (Å²) in [5, 5.41) is 7.25. The van der Waals surface area contributed by atoms with Gasteiger partial charge >= 0.3 is 6.18 Å². The molecule has 0 aromatic heterocycles. The molecule has 2 rings (SSSR count). The van der Waals surface area contributed by atoms with Gasteiger partial charge in [0.1, 0.15) is 11.6 Å². The molecule has 0 spiro atoms. The summed E-state index contributed by atoms with van der Waals surface area (Å²) >= 11 is 0. The van der Waals surface area contributed by atoms with Gasteiger partial charge in [-0.05, 0) is 49.8 Å². The number of rotatable bonds is 3. The third kappa shape index (κ3) is 3.89. The molecule has 0 heterocycles.